The van der Waals surface area contributed by atoms with E-state index in [-0.39, 0.29) is 11.4 Å². The highest BCUT2D eigenvalue weighted by atomic mass is 32.2. The molecule has 1 saturated heterocycles. The van der Waals surface area contributed by atoms with Crippen molar-refractivity contribution in [1.82, 2.24) is 4.90 Å². The summed E-state index contributed by atoms with van der Waals surface area (Å²) in [4.78, 5) is 16.5. The summed E-state index contributed by atoms with van der Waals surface area (Å²) in [6.45, 7) is 6.70. The minimum atomic E-state index is -0.0633. The number of rotatable bonds is 5. The molecule has 0 radical (unpaired) electrons. The largest absolute Gasteiger partial charge is 0.356 e. The van der Waals surface area contributed by atoms with E-state index < -0.39 is 0 Å². The van der Waals surface area contributed by atoms with Gasteiger partial charge in [0.15, 0.2) is 5.50 Å². The molecule has 0 bridgehead atoms. The van der Waals surface area contributed by atoms with Crippen LogP contribution in [-0.4, -0.2) is 22.3 Å². The van der Waals surface area contributed by atoms with Crippen LogP contribution in [-0.2, 0) is 4.79 Å². The molecule has 2 aliphatic rings. The zero-order valence-electron chi connectivity index (χ0n) is 18.2. The normalized spacial score (nSPS) is 25.9. The Hall–Kier alpha value is -2.20. The molecule has 2 aromatic carbocycles. The van der Waals surface area contributed by atoms with Gasteiger partial charge < -0.3 is 10.2 Å². The second kappa shape index (κ2) is 9.30. The van der Waals surface area contributed by atoms with Crippen LogP contribution in [0.1, 0.15) is 63.5 Å². The van der Waals surface area contributed by atoms with Crippen molar-refractivity contribution in [3.8, 4) is 0 Å². The van der Waals surface area contributed by atoms with Gasteiger partial charge in [-0.1, -0.05) is 87.8 Å². The number of hydrogen-bond acceptors (Lipinski definition) is 3. The maximum atomic E-state index is 13.5. The number of nitrogens with one attached hydrogen (secondary N) is 1. The van der Waals surface area contributed by atoms with E-state index in [1.54, 1.807) is 11.8 Å². The van der Waals surface area contributed by atoms with Gasteiger partial charge >= 0.3 is 0 Å². The molecule has 1 aliphatic heterocycles. The Kier molecular flexibility index (Phi) is 6.52. The Morgan fingerprint density at radius 3 is 2.40 bits per heavy atom. The van der Waals surface area contributed by atoms with E-state index in [0.29, 0.717) is 17.9 Å². The predicted molar refractivity (Wildman–Crippen MR) is 128 cm³/mol. The Morgan fingerprint density at radius 1 is 1.03 bits per heavy atom. The van der Waals surface area contributed by atoms with Gasteiger partial charge in [0.1, 0.15) is 0 Å². The fraction of sp³-hybridized carbons (Fsp3) is 0.423. The molecular formula is C26H32N2OS. The molecule has 3 atom stereocenters. The van der Waals surface area contributed by atoms with E-state index in [2.05, 4.69) is 73.5 Å². The van der Waals surface area contributed by atoms with Crippen LogP contribution in [0, 0.1) is 5.92 Å². The fourth-order valence-electron chi connectivity index (χ4n) is 4.50. The molecule has 4 heteroatoms. The van der Waals surface area contributed by atoms with Gasteiger partial charge in [0.25, 0.3) is 5.91 Å². The van der Waals surface area contributed by atoms with Crippen molar-refractivity contribution in [2.24, 2.45) is 5.92 Å². The lowest BCUT2D eigenvalue weighted by Crippen LogP contribution is -2.48. The van der Waals surface area contributed by atoms with Gasteiger partial charge in [-0.2, -0.15) is 0 Å². The Balaban J connectivity index is 1.61. The number of para-hydroxylation sites is 1. The highest BCUT2D eigenvalue weighted by Crippen LogP contribution is 2.42. The van der Waals surface area contributed by atoms with Crippen LogP contribution in [0.4, 0.5) is 5.69 Å². The molecule has 158 valence electrons. The lowest BCUT2D eigenvalue weighted by Gasteiger charge is -2.39. The first kappa shape index (κ1) is 21.0. The van der Waals surface area contributed by atoms with Gasteiger partial charge in [-0.3, -0.25) is 4.79 Å². The van der Waals surface area contributed by atoms with E-state index >= 15 is 0 Å². The lowest BCUT2D eigenvalue weighted by molar-refractivity contribution is -0.129. The van der Waals surface area contributed by atoms with Crippen LogP contribution >= 0.6 is 11.8 Å². The summed E-state index contributed by atoms with van der Waals surface area (Å²) >= 11 is 1.65. The summed E-state index contributed by atoms with van der Waals surface area (Å²) in [5, 5.41) is 3.61. The molecule has 1 N–H and O–H groups in total. The maximum Gasteiger partial charge on any atom is 0.262 e. The second-order valence-electron chi connectivity index (χ2n) is 8.85. The molecular weight excluding hydrogens is 388 g/mol. The summed E-state index contributed by atoms with van der Waals surface area (Å²) in [6, 6.07) is 19.1. The van der Waals surface area contributed by atoms with Crippen LogP contribution in [0.2, 0.25) is 0 Å². The summed E-state index contributed by atoms with van der Waals surface area (Å²) < 4.78 is 0. The molecule has 30 heavy (non-hydrogen) atoms. The summed E-state index contributed by atoms with van der Waals surface area (Å²) in [6.07, 6.45) is 6.83. The van der Waals surface area contributed by atoms with Crippen molar-refractivity contribution in [2.45, 2.75) is 63.9 Å². The molecule has 3 nitrogen and oxygen atoms in total. The van der Waals surface area contributed by atoms with Gasteiger partial charge in [-0.05, 0) is 54.0 Å². The van der Waals surface area contributed by atoms with Crippen LogP contribution in [0.3, 0.4) is 0 Å². The second-order valence-corrected chi connectivity index (χ2v) is 9.97. The van der Waals surface area contributed by atoms with Gasteiger partial charge in [-0.25, -0.2) is 0 Å². The zero-order chi connectivity index (χ0) is 21.1. The third-order valence-electron chi connectivity index (χ3n) is 6.32. The number of amides is 1. The molecule has 0 spiro atoms. The Morgan fingerprint density at radius 2 is 1.73 bits per heavy atom. The standard InChI is InChI=1S/C26H32N2OS/c1-18(2)21-15-13-20(14-16-21)17-24-25(29)28(23-12-8-7-9-19(23)3)26(30-24)27-22-10-5-4-6-11-22/h4-6,10-11,13-19,23,26-27H,7-9,12H2,1-3H3/b24-17-/t19-,23+,26?/m0/s1. The van der Waals surface area contributed by atoms with Gasteiger partial charge in [0.05, 0.1) is 4.91 Å². The molecule has 1 amide bonds. The first-order valence-corrected chi connectivity index (χ1v) is 12.0. The van der Waals surface area contributed by atoms with E-state index in [0.717, 1.165) is 22.6 Å². The zero-order valence-corrected chi connectivity index (χ0v) is 19.0. The molecule has 1 unspecified atom stereocenters. The molecule has 1 saturated carbocycles. The number of anilines is 1. The molecule has 1 aliphatic carbocycles. The van der Waals surface area contributed by atoms with Crippen molar-refractivity contribution in [3.05, 3.63) is 70.6 Å². The van der Waals surface area contributed by atoms with Gasteiger partial charge in [0, 0.05) is 11.7 Å². The summed E-state index contributed by atoms with van der Waals surface area (Å²) in [5.41, 5.74) is 3.40. The SMILES string of the molecule is CC(C)c1ccc(/C=C2\SC(Nc3ccccc3)N([C@@H]3CCCC[C@@H]3C)C2=O)cc1. The highest BCUT2D eigenvalue weighted by Gasteiger charge is 2.42. The van der Waals surface area contributed by atoms with Crippen molar-refractivity contribution in [2.75, 3.05) is 5.32 Å². The minimum absolute atomic E-state index is 0.0633. The van der Waals surface area contributed by atoms with Crippen molar-refractivity contribution < 1.29 is 4.79 Å². The first-order chi connectivity index (χ1) is 14.5. The van der Waals surface area contributed by atoms with Crippen LogP contribution in [0.15, 0.2) is 59.5 Å². The molecule has 2 aromatic rings. The predicted octanol–water partition coefficient (Wildman–Crippen LogP) is 6.70. The Bertz CT molecular complexity index is 891. The summed E-state index contributed by atoms with van der Waals surface area (Å²) in [5.74, 6) is 1.21. The number of benzene rings is 2. The number of thioether (sulfide) groups is 1. The van der Waals surface area contributed by atoms with Crippen LogP contribution < -0.4 is 5.32 Å². The van der Waals surface area contributed by atoms with Gasteiger partial charge in [0.2, 0.25) is 0 Å². The van der Waals surface area contributed by atoms with Crippen LogP contribution in [0.5, 0.6) is 0 Å². The van der Waals surface area contributed by atoms with E-state index in [9.17, 15) is 4.79 Å². The number of carbonyl (C=O) groups is 1. The summed E-state index contributed by atoms with van der Waals surface area (Å²) in [7, 11) is 0. The minimum Gasteiger partial charge on any atom is -0.356 e. The average molecular weight is 421 g/mol. The highest BCUT2D eigenvalue weighted by molar-refractivity contribution is 8.05. The average Bonchev–Trinajstić information content (AvgIpc) is 3.04. The lowest BCUT2D eigenvalue weighted by atomic mass is 9.85. The molecule has 1 heterocycles. The van der Waals surface area contributed by atoms with E-state index in [1.807, 2.05) is 18.2 Å². The number of nitrogens with zero attached hydrogens (tertiary/aromatic N) is 1. The Labute approximate surface area is 184 Å². The maximum absolute atomic E-state index is 13.5. The van der Waals surface area contributed by atoms with Crippen molar-refractivity contribution in [1.29, 1.82) is 0 Å². The van der Waals surface area contributed by atoms with Crippen molar-refractivity contribution >= 4 is 29.4 Å². The monoisotopic (exact) mass is 420 g/mol. The number of hydrogen-bond donors (Lipinski definition) is 1. The van der Waals surface area contributed by atoms with Crippen molar-refractivity contribution in [3.63, 3.8) is 0 Å². The third kappa shape index (κ3) is 4.59. The molecule has 0 aromatic heterocycles. The fourth-order valence-corrected chi connectivity index (χ4v) is 5.71. The van der Waals surface area contributed by atoms with Crippen LogP contribution in [0.25, 0.3) is 6.08 Å². The van der Waals surface area contributed by atoms with Gasteiger partial charge in [-0.15, -0.1) is 0 Å². The molecule has 2 fully saturated rings. The van der Waals surface area contributed by atoms with E-state index in [1.165, 1.54) is 24.8 Å². The smallest absolute Gasteiger partial charge is 0.262 e. The quantitative estimate of drug-likeness (QED) is 0.546. The number of carbonyl (C=O) groups excluding carboxylic acids is 1. The van der Waals surface area contributed by atoms with E-state index in [4.69, 9.17) is 0 Å². The first-order valence-electron chi connectivity index (χ1n) is 11.2. The molecule has 4 rings (SSSR count). The topological polar surface area (TPSA) is 32.3 Å². The third-order valence-corrected chi connectivity index (χ3v) is 7.44.